The van der Waals surface area contributed by atoms with Crippen molar-refractivity contribution < 1.29 is 13.0 Å². The van der Waals surface area contributed by atoms with Crippen LogP contribution in [0.3, 0.4) is 0 Å². The van der Waals surface area contributed by atoms with Gasteiger partial charge in [-0.1, -0.05) is 6.92 Å². The van der Waals surface area contributed by atoms with E-state index in [9.17, 15) is 8.42 Å². The van der Waals surface area contributed by atoms with Crippen LogP contribution in [0, 0.1) is 0 Å². The summed E-state index contributed by atoms with van der Waals surface area (Å²) in [4.78, 5) is 0. The largest absolute Gasteiger partial charge is 0.336 e. The van der Waals surface area contributed by atoms with Crippen molar-refractivity contribution in [3.8, 4) is 0 Å². The summed E-state index contributed by atoms with van der Waals surface area (Å²) in [6.07, 6.45) is 1.77. The van der Waals surface area contributed by atoms with Gasteiger partial charge in [0.05, 0.1) is 0 Å². The molecule has 10 heavy (non-hydrogen) atoms. The Morgan fingerprint density at radius 1 is 1.60 bits per heavy atom. The second-order valence-electron chi connectivity index (χ2n) is 2.41. The summed E-state index contributed by atoms with van der Waals surface area (Å²) in [6.45, 7) is 2.08. The van der Waals surface area contributed by atoms with Crippen LogP contribution in [0.25, 0.3) is 0 Å². The van der Waals surface area contributed by atoms with Crippen LogP contribution in [0.5, 0.6) is 0 Å². The van der Waals surface area contributed by atoms with Crippen molar-refractivity contribution in [3.05, 3.63) is 0 Å². The third-order valence-electron chi connectivity index (χ3n) is 1.56. The third kappa shape index (κ3) is 1.68. The van der Waals surface area contributed by atoms with Crippen LogP contribution in [0.2, 0.25) is 0 Å². The Morgan fingerprint density at radius 2 is 2.10 bits per heavy atom. The normalized spacial score (nSPS) is 19.9. The van der Waals surface area contributed by atoms with E-state index in [1.54, 1.807) is 6.92 Å². The molecule has 0 spiro atoms. The molecule has 60 valence electrons. The number of rotatable bonds is 3. The maximum absolute atomic E-state index is 10.5. The molecular weight excluding hydrogens is 154 g/mol. The van der Waals surface area contributed by atoms with Crippen molar-refractivity contribution >= 4 is 10.3 Å². The molecule has 4 nitrogen and oxygen atoms in total. The van der Waals surface area contributed by atoms with Gasteiger partial charge in [-0.15, -0.1) is 0 Å². The zero-order chi connectivity index (χ0) is 7.78. The molecule has 1 aliphatic rings. The molecule has 0 aromatic rings. The van der Waals surface area contributed by atoms with Gasteiger partial charge in [0.15, 0.2) is 0 Å². The first kappa shape index (κ1) is 7.97. The molecule has 0 radical (unpaired) electrons. The molecule has 1 saturated carbocycles. The molecule has 0 unspecified atom stereocenters. The summed E-state index contributed by atoms with van der Waals surface area (Å²) >= 11 is 0. The molecule has 1 rings (SSSR count). The van der Waals surface area contributed by atoms with E-state index in [2.05, 4.69) is 0 Å². The van der Waals surface area contributed by atoms with Crippen LogP contribution in [0.4, 0.5) is 0 Å². The van der Waals surface area contributed by atoms with Crippen molar-refractivity contribution in [2.75, 3.05) is 6.54 Å². The maximum Gasteiger partial charge on any atom is 0.336 e. The molecule has 0 saturated heterocycles. The summed E-state index contributed by atoms with van der Waals surface area (Å²) < 4.78 is 30.8. The molecule has 1 aliphatic carbocycles. The lowest BCUT2D eigenvalue weighted by Gasteiger charge is -2.13. The predicted molar refractivity (Wildman–Crippen MR) is 37.0 cm³/mol. The molecule has 0 heterocycles. The van der Waals surface area contributed by atoms with E-state index in [0.717, 1.165) is 17.1 Å². The van der Waals surface area contributed by atoms with Crippen molar-refractivity contribution in [3.63, 3.8) is 0 Å². The van der Waals surface area contributed by atoms with Gasteiger partial charge in [0.2, 0.25) is 0 Å². The highest BCUT2D eigenvalue weighted by Crippen LogP contribution is 2.27. The average molecular weight is 165 g/mol. The van der Waals surface area contributed by atoms with Crippen LogP contribution in [0.15, 0.2) is 0 Å². The summed E-state index contributed by atoms with van der Waals surface area (Å²) in [5, 5.41) is 0. The highest BCUT2D eigenvalue weighted by atomic mass is 32.2. The number of hydrogen-bond acceptors (Lipinski definition) is 2. The molecule has 0 aliphatic heterocycles. The smallest absolute Gasteiger partial charge is 0.273 e. The van der Waals surface area contributed by atoms with Gasteiger partial charge >= 0.3 is 10.3 Å². The monoisotopic (exact) mass is 165 g/mol. The molecule has 1 fully saturated rings. The van der Waals surface area contributed by atoms with Crippen molar-refractivity contribution in [1.29, 1.82) is 0 Å². The van der Waals surface area contributed by atoms with Gasteiger partial charge in [-0.2, -0.15) is 12.7 Å². The molecule has 5 heteroatoms. The maximum atomic E-state index is 10.5. The zero-order valence-electron chi connectivity index (χ0n) is 5.82. The molecule has 0 amide bonds. The van der Waals surface area contributed by atoms with Gasteiger partial charge in [-0.3, -0.25) is 4.55 Å². The minimum absolute atomic E-state index is 0.0694. The Morgan fingerprint density at radius 3 is 2.20 bits per heavy atom. The van der Waals surface area contributed by atoms with E-state index in [1.807, 2.05) is 0 Å². The standard InChI is InChI=1S/C5H11NO3S/c1-2-6(5-3-4-5)10(7,8)9/h5H,2-4H2,1H3,(H,7,8,9). The van der Waals surface area contributed by atoms with Crippen LogP contribution in [-0.4, -0.2) is 29.9 Å². The Hall–Kier alpha value is -0.130. The minimum Gasteiger partial charge on any atom is -0.273 e. The van der Waals surface area contributed by atoms with Crippen LogP contribution in [-0.2, 0) is 10.3 Å². The Kier molecular flexibility index (Phi) is 1.98. The first-order valence-corrected chi connectivity index (χ1v) is 4.69. The van der Waals surface area contributed by atoms with Crippen molar-refractivity contribution in [2.24, 2.45) is 0 Å². The van der Waals surface area contributed by atoms with Gasteiger partial charge in [0.25, 0.3) is 0 Å². The lowest BCUT2D eigenvalue weighted by Crippen LogP contribution is -2.32. The fourth-order valence-corrected chi connectivity index (χ4v) is 1.89. The lowest BCUT2D eigenvalue weighted by atomic mass is 10.6. The summed E-state index contributed by atoms with van der Waals surface area (Å²) in [6, 6.07) is 0.0694. The van der Waals surface area contributed by atoms with Crippen LogP contribution < -0.4 is 0 Å². The van der Waals surface area contributed by atoms with Crippen LogP contribution in [0.1, 0.15) is 19.8 Å². The van der Waals surface area contributed by atoms with E-state index in [1.165, 1.54) is 0 Å². The van der Waals surface area contributed by atoms with Gasteiger partial charge in [0.1, 0.15) is 0 Å². The molecule has 0 aromatic heterocycles. The van der Waals surface area contributed by atoms with E-state index in [4.69, 9.17) is 4.55 Å². The molecular formula is C5H11NO3S. The first-order chi connectivity index (χ1) is 4.55. The van der Waals surface area contributed by atoms with Crippen molar-refractivity contribution in [1.82, 2.24) is 4.31 Å². The third-order valence-corrected chi connectivity index (χ3v) is 2.71. The van der Waals surface area contributed by atoms with E-state index < -0.39 is 10.3 Å². The Balaban J connectivity index is 2.64. The molecule has 0 aromatic carbocycles. The summed E-state index contributed by atoms with van der Waals surface area (Å²) in [5.41, 5.74) is 0. The second-order valence-corrected chi connectivity index (χ2v) is 3.78. The highest BCUT2D eigenvalue weighted by molar-refractivity contribution is 7.83. The predicted octanol–water partition coefficient (Wildman–Crippen LogP) is 0.274. The van der Waals surface area contributed by atoms with Crippen LogP contribution >= 0.6 is 0 Å². The topological polar surface area (TPSA) is 57.6 Å². The van der Waals surface area contributed by atoms with Gasteiger partial charge in [-0.25, -0.2) is 0 Å². The SMILES string of the molecule is CCN(C1CC1)S(=O)(=O)O. The zero-order valence-corrected chi connectivity index (χ0v) is 6.63. The van der Waals surface area contributed by atoms with Crippen molar-refractivity contribution in [2.45, 2.75) is 25.8 Å². The number of hydrogen-bond donors (Lipinski definition) is 1. The van der Waals surface area contributed by atoms with E-state index in [-0.39, 0.29) is 6.04 Å². The minimum atomic E-state index is -3.92. The van der Waals surface area contributed by atoms with Gasteiger partial charge < -0.3 is 0 Å². The average Bonchev–Trinajstić information content (AvgIpc) is 2.46. The second kappa shape index (κ2) is 2.48. The van der Waals surface area contributed by atoms with E-state index >= 15 is 0 Å². The summed E-state index contributed by atoms with van der Waals surface area (Å²) in [5.74, 6) is 0. The number of nitrogens with zero attached hydrogens (tertiary/aromatic N) is 1. The van der Waals surface area contributed by atoms with Gasteiger partial charge in [-0.05, 0) is 12.8 Å². The molecule has 0 bridgehead atoms. The Bertz CT molecular complexity index is 207. The highest BCUT2D eigenvalue weighted by Gasteiger charge is 2.34. The Labute approximate surface area is 60.7 Å². The lowest BCUT2D eigenvalue weighted by molar-refractivity contribution is 0.355. The quantitative estimate of drug-likeness (QED) is 0.611. The first-order valence-electron chi connectivity index (χ1n) is 3.30. The van der Waals surface area contributed by atoms with E-state index in [0.29, 0.717) is 6.54 Å². The molecule has 1 N–H and O–H groups in total. The summed E-state index contributed by atoms with van der Waals surface area (Å²) in [7, 11) is -3.92. The molecule has 0 atom stereocenters. The fraction of sp³-hybridized carbons (Fsp3) is 1.00. The fourth-order valence-electron chi connectivity index (χ4n) is 0.972. The van der Waals surface area contributed by atoms with Gasteiger partial charge in [0, 0.05) is 12.6 Å².